The highest BCUT2D eigenvalue weighted by molar-refractivity contribution is 6.32. The number of pyridine rings is 1. The van der Waals surface area contributed by atoms with Crippen molar-refractivity contribution in [3.63, 3.8) is 0 Å². The predicted molar refractivity (Wildman–Crippen MR) is 133 cm³/mol. The van der Waals surface area contributed by atoms with Crippen LogP contribution >= 0.6 is 23.2 Å². The van der Waals surface area contributed by atoms with Crippen LogP contribution in [0.25, 0.3) is 5.82 Å². The molecular formula is C23H18Cl2F3N9O2. The van der Waals surface area contributed by atoms with Crippen molar-refractivity contribution >= 4 is 40.7 Å². The Balaban J connectivity index is 1.51. The lowest BCUT2D eigenvalue weighted by Gasteiger charge is -2.15. The minimum Gasteiger partial charge on any atom is -0.349 e. The number of halogens is 5. The molecule has 0 aliphatic heterocycles. The summed E-state index contributed by atoms with van der Waals surface area (Å²) in [4.78, 5) is 31.3. The van der Waals surface area contributed by atoms with Crippen LogP contribution in [0.4, 0.5) is 18.9 Å². The molecule has 0 atom stereocenters. The molecule has 16 heteroatoms. The number of aromatic nitrogens is 7. The van der Waals surface area contributed by atoms with Gasteiger partial charge in [-0.05, 0) is 60.9 Å². The van der Waals surface area contributed by atoms with Gasteiger partial charge >= 0.3 is 6.18 Å². The number of nitrogens with one attached hydrogen (secondary N) is 2. The van der Waals surface area contributed by atoms with Crippen molar-refractivity contribution < 1.29 is 22.8 Å². The van der Waals surface area contributed by atoms with Crippen LogP contribution in [0.5, 0.6) is 0 Å². The van der Waals surface area contributed by atoms with Crippen LogP contribution in [-0.4, -0.2) is 52.8 Å². The molecule has 39 heavy (non-hydrogen) atoms. The molecule has 2 N–H and O–H groups in total. The zero-order chi connectivity index (χ0) is 27.9. The summed E-state index contributed by atoms with van der Waals surface area (Å²) in [6, 6.07) is 7.55. The average molecular weight is 580 g/mol. The SMILES string of the molecule is Cc1cc(Cl)cc(C(=O)NC2CC2)c1NC(=O)c1cc(Cn2nnc(C(F)(F)F)n2)nn1-c1ncccc1Cl. The largest absolute Gasteiger partial charge is 0.455 e. The van der Waals surface area contributed by atoms with Gasteiger partial charge in [-0.1, -0.05) is 23.2 Å². The van der Waals surface area contributed by atoms with Crippen molar-refractivity contribution in [1.82, 2.24) is 40.3 Å². The number of carbonyl (C=O) groups is 2. The summed E-state index contributed by atoms with van der Waals surface area (Å²) in [5.41, 5.74) is 0.994. The second-order valence-electron chi connectivity index (χ2n) is 8.73. The summed E-state index contributed by atoms with van der Waals surface area (Å²) in [6.45, 7) is 1.35. The first-order valence-corrected chi connectivity index (χ1v) is 12.2. The van der Waals surface area contributed by atoms with Gasteiger partial charge in [-0.15, -0.1) is 10.2 Å². The molecule has 4 aromatic rings. The van der Waals surface area contributed by atoms with E-state index < -0.39 is 23.8 Å². The maximum absolute atomic E-state index is 13.6. The molecule has 3 heterocycles. The van der Waals surface area contributed by atoms with Crippen molar-refractivity contribution in [2.24, 2.45) is 0 Å². The maximum Gasteiger partial charge on any atom is 0.455 e. The number of hydrogen-bond acceptors (Lipinski definition) is 7. The second kappa shape index (κ2) is 10.3. The van der Waals surface area contributed by atoms with Gasteiger partial charge in [0.25, 0.3) is 17.6 Å². The van der Waals surface area contributed by atoms with Gasteiger partial charge in [0.1, 0.15) is 12.2 Å². The number of aryl methyl sites for hydroxylation is 1. The standard InChI is InChI=1S/C23H18Cl2F3N9O2/c1-11-7-12(24)8-15(20(38)30-13-4-5-13)18(11)31-21(39)17-9-14(10-36-34-22(32-35-36)23(26,27)28)33-37(17)19-16(25)3-2-6-29-19/h2-3,6-9,13H,4-5,10H2,1H3,(H,30,38)(H,31,39). The van der Waals surface area contributed by atoms with Gasteiger partial charge in [-0.3, -0.25) is 9.59 Å². The number of rotatable bonds is 7. The van der Waals surface area contributed by atoms with Crippen molar-refractivity contribution in [2.45, 2.75) is 38.5 Å². The fourth-order valence-electron chi connectivity index (χ4n) is 3.69. The van der Waals surface area contributed by atoms with E-state index in [9.17, 15) is 22.8 Å². The lowest BCUT2D eigenvalue weighted by molar-refractivity contribution is -0.145. The third-order valence-corrected chi connectivity index (χ3v) is 6.15. The monoisotopic (exact) mass is 579 g/mol. The maximum atomic E-state index is 13.6. The van der Waals surface area contributed by atoms with Crippen LogP contribution < -0.4 is 10.6 Å². The van der Waals surface area contributed by atoms with Crippen molar-refractivity contribution in [2.75, 3.05) is 5.32 Å². The summed E-state index contributed by atoms with van der Waals surface area (Å²) in [5.74, 6) is -2.40. The van der Waals surface area contributed by atoms with E-state index in [4.69, 9.17) is 23.2 Å². The number of carbonyl (C=O) groups excluding carboxylic acids is 2. The van der Waals surface area contributed by atoms with Gasteiger partial charge in [-0.25, -0.2) is 9.67 Å². The first kappa shape index (κ1) is 26.6. The lowest BCUT2D eigenvalue weighted by atomic mass is 10.1. The number of amides is 2. The molecule has 1 aliphatic carbocycles. The van der Waals surface area contributed by atoms with Crippen LogP contribution in [0.1, 0.15) is 50.8 Å². The van der Waals surface area contributed by atoms with E-state index in [2.05, 4.69) is 36.1 Å². The lowest BCUT2D eigenvalue weighted by Crippen LogP contribution is -2.27. The van der Waals surface area contributed by atoms with Crippen molar-refractivity contribution in [3.8, 4) is 5.82 Å². The Labute approximate surface area is 228 Å². The zero-order valence-corrected chi connectivity index (χ0v) is 21.5. The molecule has 0 bridgehead atoms. The van der Waals surface area contributed by atoms with Crippen LogP contribution in [0, 0.1) is 6.92 Å². The van der Waals surface area contributed by atoms with E-state index in [1.807, 2.05) is 0 Å². The van der Waals surface area contributed by atoms with E-state index in [-0.39, 0.29) is 46.1 Å². The number of alkyl halides is 3. The molecule has 0 spiro atoms. The molecule has 1 aromatic carbocycles. The summed E-state index contributed by atoms with van der Waals surface area (Å²) >= 11 is 12.5. The fourth-order valence-corrected chi connectivity index (χ4v) is 4.16. The van der Waals surface area contributed by atoms with Gasteiger partial charge in [0.15, 0.2) is 5.82 Å². The number of benzene rings is 1. The number of tetrazole rings is 1. The number of nitrogens with zero attached hydrogens (tertiary/aromatic N) is 7. The molecule has 0 saturated heterocycles. The Morgan fingerprint density at radius 1 is 1.13 bits per heavy atom. The quantitative estimate of drug-likeness (QED) is 0.337. The minimum atomic E-state index is -4.77. The van der Waals surface area contributed by atoms with E-state index in [0.29, 0.717) is 15.4 Å². The minimum absolute atomic E-state index is 0.0651. The highest BCUT2D eigenvalue weighted by atomic mass is 35.5. The Kier molecular flexibility index (Phi) is 6.99. The van der Waals surface area contributed by atoms with Gasteiger partial charge < -0.3 is 10.6 Å². The Morgan fingerprint density at radius 2 is 1.90 bits per heavy atom. The molecule has 3 aromatic heterocycles. The summed E-state index contributed by atoms with van der Waals surface area (Å²) in [7, 11) is 0. The fraction of sp³-hybridized carbons (Fsp3) is 0.261. The molecular weight excluding hydrogens is 562 g/mol. The van der Waals surface area contributed by atoms with Gasteiger partial charge in [0.05, 0.1) is 22.0 Å². The van der Waals surface area contributed by atoms with Crippen LogP contribution in [0.3, 0.4) is 0 Å². The first-order chi connectivity index (χ1) is 18.5. The Bertz CT molecular complexity index is 1580. The first-order valence-electron chi connectivity index (χ1n) is 11.5. The number of hydrogen-bond donors (Lipinski definition) is 2. The molecule has 1 fully saturated rings. The topological polar surface area (TPSA) is 133 Å². The number of anilines is 1. The molecule has 11 nitrogen and oxygen atoms in total. The van der Waals surface area contributed by atoms with Gasteiger partial charge in [-0.2, -0.15) is 23.1 Å². The van der Waals surface area contributed by atoms with E-state index in [0.717, 1.165) is 17.5 Å². The molecule has 5 rings (SSSR count). The molecule has 0 unspecified atom stereocenters. The third-order valence-electron chi connectivity index (χ3n) is 5.64. The summed E-state index contributed by atoms with van der Waals surface area (Å²) in [6.07, 6.45) is -1.61. The Morgan fingerprint density at radius 3 is 2.56 bits per heavy atom. The highest BCUT2D eigenvalue weighted by Crippen LogP contribution is 2.29. The molecule has 1 saturated carbocycles. The van der Waals surface area contributed by atoms with E-state index in [1.165, 1.54) is 24.4 Å². The van der Waals surface area contributed by atoms with E-state index in [1.54, 1.807) is 19.1 Å². The third kappa shape index (κ3) is 5.86. The summed E-state index contributed by atoms with van der Waals surface area (Å²) in [5, 5.41) is 20.1. The van der Waals surface area contributed by atoms with Crippen molar-refractivity contribution in [1.29, 1.82) is 0 Å². The smallest absolute Gasteiger partial charge is 0.349 e. The Hall–Kier alpha value is -4.04. The molecule has 1 aliphatic rings. The second-order valence-corrected chi connectivity index (χ2v) is 9.57. The molecule has 202 valence electrons. The van der Waals surface area contributed by atoms with Gasteiger partial charge in [0, 0.05) is 17.3 Å². The van der Waals surface area contributed by atoms with Gasteiger partial charge in [0.2, 0.25) is 0 Å². The van der Waals surface area contributed by atoms with Crippen LogP contribution in [0.15, 0.2) is 36.5 Å². The predicted octanol–water partition coefficient (Wildman–Crippen LogP) is 4.08. The molecule has 2 amide bonds. The van der Waals surface area contributed by atoms with E-state index >= 15 is 0 Å². The average Bonchev–Trinajstić information content (AvgIpc) is 3.37. The van der Waals surface area contributed by atoms with Crippen molar-refractivity contribution in [3.05, 3.63) is 74.9 Å². The normalized spacial score (nSPS) is 13.4. The van der Waals surface area contributed by atoms with Crippen LogP contribution in [0.2, 0.25) is 10.0 Å². The molecule has 0 radical (unpaired) electrons. The zero-order valence-electron chi connectivity index (χ0n) is 20.0. The van der Waals surface area contributed by atoms with Crippen LogP contribution in [-0.2, 0) is 12.7 Å². The highest BCUT2D eigenvalue weighted by Gasteiger charge is 2.37. The summed E-state index contributed by atoms with van der Waals surface area (Å²) < 4.78 is 39.8.